The van der Waals surface area contributed by atoms with Crippen molar-refractivity contribution in [2.75, 3.05) is 18.8 Å². The van der Waals surface area contributed by atoms with Crippen LogP contribution in [0.1, 0.15) is 64.5 Å². The van der Waals surface area contributed by atoms with Gasteiger partial charge in [-0.25, -0.2) is 29.7 Å². The van der Waals surface area contributed by atoms with Crippen molar-refractivity contribution in [1.29, 1.82) is 0 Å². The number of fused-ring (bicyclic) bond motifs is 3. The van der Waals surface area contributed by atoms with E-state index < -0.39 is 57.2 Å². The SMILES string of the molecule is CC1(C)C(/C=C/C=C/C=C/C=C2\C(C)(C)c3cc(S(=O)(=O)[O-])ccc3[N+]23CCCC3S(=O)(=O)[O-])=[N+](CCCCS(=O)(=O)[O-])c2ccc(SOO[O-])cc21.[K+].[K+].[K+]. The Kier molecular flexibility index (Phi) is 20.8. The van der Waals surface area contributed by atoms with Crippen LogP contribution in [0.15, 0.2) is 94.4 Å². The van der Waals surface area contributed by atoms with Crippen molar-refractivity contribution in [2.45, 2.75) is 79.4 Å². The third-order valence-corrected chi connectivity index (χ3v) is 13.7. The van der Waals surface area contributed by atoms with Crippen molar-refractivity contribution in [3.05, 3.63) is 95.8 Å². The molecule has 1 fully saturated rings. The number of benzene rings is 2. The summed E-state index contributed by atoms with van der Waals surface area (Å²) in [6.07, 6.45) is 13.7. The van der Waals surface area contributed by atoms with Crippen molar-refractivity contribution < 1.29 is 212 Å². The number of rotatable bonds is 14. The monoisotopic (exact) mass is 925 g/mol. The number of hydrogen-bond acceptors (Lipinski definition) is 13. The Morgan fingerprint density at radius 2 is 1.52 bits per heavy atom. The summed E-state index contributed by atoms with van der Waals surface area (Å²) >= 11 is 0.769. The molecule has 0 radical (unpaired) electrons. The van der Waals surface area contributed by atoms with Crippen LogP contribution in [-0.4, -0.2) is 73.4 Å². The maximum absolute atomic E-state index is 12.6. The van der Waals surface area contributed by atoms with Gasteiger partial charge < -0.3 is 18.9 Å². The number of nitrogens with zero attached hydrogens (tertiary/aromatic N) is 2. The van der Waals surface area contributed by atoms with E-state index in [0.717, 1.165) is 35.1 Å². The molecule has 2 unspecified atom stereocenters. The maximum Gasteiger partial charge on any atom is 1.00 e. The fourth-order valence-corrected chi connectivity index (χ4v) is 10.6. The predicted octanol–water partition coefficient (Wildman–Crippen LogP) is -4.95. The average molecular weight is 926 g/mol. The zero-order valence-electron chi connectivity index (χ0n) is 32.5. The van der Waals surface area contributed by atoms with E-state index in [1.54, 1.807) is 50.3 Å². The summed E-state index contributed by atoms with van der Waals surface area (Å²) in [5.74, 6) is -0.463. The fraction of sp³-hybridized carbons (Fsp3) is 0.400. The van der Waals surface area contributed by atoms with Crippen LogP contribution in [0, 0.1) is 0 Å². The van der Waals surface area contributed by atoms with Gasteiger partial charge in [0, 0.05) is 59.2 Å². The molecule has 3 aliphatic rings. The molecule has 0 saturated carbocycles. The van der Waals surface area contributed by atoms with Crippen molar-refractivity contribution >= 4 is 59.5 Å². The molecule has 288 valence electrons. The first-order valence-electron chi connectivity index (χ1n) is 16.7. The summed E-state index contributed by atoms with van der Waals surface area (Å²) in [6, 6.07) is 9.40. The van der Waals surface area contributed by atoms with Crippen LogP contribution < -0.4 is 164 Å². The van der Waals surface area contributed by atoms with Crippen molar-refractivity contribution in [1.82, 2.24) is 4.48 Å². The third-order valence-electron chi connectivity index (χ3n) is 10.2. The Labute approximate surface area is 461 Å². The van der Waals surface area contributed by atoms with E-state index >= 15 is 0 Å². The van der Waals surface area contributed by atoms with Crippen LogP contribution in [0.25, 0.3) is 0 Å². The molecule has 56 heavy (non-hydrogen) atoms. The van der Waals surface area contributed by atoms with Gasteiger partial charge in [0.25, 0.3) is 0 Å². The Morgan fingerprint density at radius 1 is 0.857 bits per heavy atom. The largest absolute Gasteiger partial charge is 1.00 e. The van der Waals surface area contributed by atoms with Crippen LogP contribution in [-0.2, 0) is 50.6 Å². The number of quaternary nitrogens is 1. The molecular formula is C35H40K3N2O12S4+. The minimum absolute atomic E-state index is 0. The van der Waals surface area contributed by atoms with Gasteiger partial charge in [0.05, 0.1) is 44.4 Å². The first-order chi connectivity index (χ1) is 24.7. The number of hydrogen-bond donors (Lipinski definition) is 0. The fourth-order valence-electron chi connectivity index (χ4n) is 7.96. The molecular weight excluding hydrogens is 886 g/mol. The minimum Gasteiger partial charge on any atom is -0.748 e. The molecule has 2 aromatic carbocycles. The van der Waals surface area contributed by atoms with E-state index in [4.69, 9.17) is 0 Å². The maximum atomic E-state index is 12.6. The second kappa shape index (κ2) is 21.5. The summed E-state index contributed by atoms with van der Waals surface area (Å²) in [5.41, 5.74) is 2.78. The Morgan fingerprint density at radius 3 is 2.14 bits per heavy atom. The van der Waals surface area contributed by atoms with Gasteiger partial charge >= 0.3 is 154 Å². The van der Waals surface area contributed by atoms with Gasteiger partial charge in [-0.3, -0.25) is 5.04 Å². The van der Waals surface area contributed by atoms with E-state index in [9.17, 15) is 44.2 Å². The standard InChI is InChI=1S/C35H42N2O12S4.3K/c1-34(2)27-23-25(50-49-48-38)16-18-29(27)36(20-10-11-22-51(39,40)41)31(34)13-8-6-5-7-9-14-32-35(3,4)28-24-26(52(42,43)44)17-19-30(28)37(32)21-12-15-33(37)53(45,46)47;;;/h5-9,13-14,16-19,23-24,33H,10-12,15,20-22H2,1-4H3,(H2-2,38,39,40,41,42,43,44,45,46,47);;;/q;3*+1/p-2/b6-5+,9-7+,13-8+,32-14+;;;. The number of unbranched alkanes of at least 4 members (excludes halogenated alkanes) is 1. The van der Waals surface area contributed by atoms with Crippen LogP contribution in [0.3, 0.4) is 0 Å². The van der Waals surface area contributed by atoms with Gasteiger partial charge in [0.2, 0.25) is 5.69 Å². The average Bonchev–Trinajstić information content (AvgIpc) is 3.65. The van der Waals surface area contributed by atoms with Gasteiger partial charge in [-0.2, -0.15) is 8.91 Å². The van der Waals surface area contributed by atoms with E-state index in [0.29, 0.717) is 47.8 Å². The number of allylic oxidation sites excluding steroid dienone is 8. The third kappa shape index (κ3) is 11.9. The normalized spacial score (nSPS) is 22.1. The summed E-state index contributed by atoms with van der Waals surface area (Å²) in [4.78, 5) is 0.202. The molecule has 1 spiro atoms. The molecule has 0 amide bonds. The van der Waals surface area contributed by atoms with Gasteiger partial charge in [0.1, 0.15) is 28.0 Å². The molecule has 21 heteroatoms. The van der Waals surface area contributed by atoms with Crippen LogP contribution >= 0.6 is 12.0 Å². The van der Waals surface area contributed by atoms with E-state index in [-0.39, 0.29) is 171 Å². The van der Waals surface area contributed by atoms with E-state index in [1.807, 2.05) is 38.1 Å². The Hall–Kier alpha value is 1.90. The summed E-state index contributed by atoms with van der Waals surface area (Å²) < 4.78 is 113. The van der Waals surface area contributed by atoms with Crippen LogP contribution in [0.4, 0.5) is 11.4 Å². The van der Waals surface area contributed by atoms with Gasteiger partial charge in [0.15, 0.2) is 21.2 Å². The van der Waals surface area contributed by atoms with Crippen molar-refractivity contribution in [2.24, 2.45) is 0 Å². The zero-order valence-corrected chi connectivity index (χ0v) is 45.1. The molecule has 1 saturated heterocycles. The van der Waals surface area contributed by atoms with E-state index in [1.165, 1.54) is 12.1 Å². The first-order valence-corrected chi connectivity index (χ1v) is 21.9. The van der Waals surface area contributed by atoms with Gasteiger partial charge in [-0.15, -0.1) is 0 Å². The predicted molar refractivity (Wildman–Crippen MR) is 193 cm³/mol. The Balaban J connectivity index is 0.00000361. The molecule has 0 aliphatic carbocycles. The second-order valence-electron chi connectivity index (χ2n) is 14.2. The molecule has 3 heterocycles. The van der Waals surface area contributed by atoms with Crippen LogP contribution in [0.2, 0.25) is 0 Å². The van der Waals surface area contributed by atoms with Gasteiger partial charge in [-0.1, -0.05) is 30.4 Å². The summed E-state index contributed by atoms with van der Waals surface area (Å²) in [5, 5.41) is 12.5. The molecule has 0 bridgehead atoms. The summed E-state index contributed by atoms with van der Waals surface area (Å²) in [7, 11) is -13.9. The quantitative estimate of drug-likeness (QED) is 0.0200. The molecule has 2 atom stereocenters. The molecule has 14 nitrogen and oxygen atoms in total. The van der Waals surface area contributed by atoms with Gasteiger partial charge in [-0.05, 0) is 64.5 Å². The molecule has 5 rings (SSSR count). The molecule has 0 N–H and O–H groups in total. The molecule has 0 aromatic heterocycles. The molecule has 3 aliphatic heterocycles. The first kappa shape index (κ1) is 54.0. The molecule has 2 aromatic rings. The zero-order chi connectivity index (χ0) is 39.0. The topological polar surface area (TPSA) is 216 Å². The Bertz CT molecular complexity index is 2270. The minimum atomic E-state index is -4.79. The van der Waals surface area contributed by atoms with Crippen LogP contribution in [0.5, 0.6) is 0 Å². The smallest absolute Gasteiger partial charge is 0.748 e. The second-order valence-corrected chi connectivity index (χ2v) is 19.4. The van der Waals surface area contributed by atoms with Crippen molar-refractivity contribution in [3.63, 3.8) is 0 Å². The summed E-state index contributed by atoms with van der Waals surface area (Å²) in [6.45, 7) is 8.40. The van der Waals surface area contributed by atoms with Crippen molar-refractivity contribution in [3.8, 4) is 0 Å². The van der Waals surface area contributed by atoms with E-state index in [2.05, 4.69) is 13.9 Å².